The summed E-state index contributed by atoms with van der Waals surface area (Å²) in [7, 11) is 0. The number of rotatable bonds is 9. The first-order valence-electron chi connectivity index (χ1n) is 10.7. The van der Waals surface area contributed by atoms with Crippen LogP contribution in [0.2, 0.25) is 0 Å². The van der Waals surface area contributed by atoms with E-state index in [2.05, 4.69) is 46.2 Å². The van der Waals surface area contributed by atoms with Gasteiger partial charge in [-0.15, -0.1) is 0 Å². The van der Waals surface area contributed by atoms with Crippen molar-refractivity contribution in [3.63, 3.8) is 0 Å². The first-order chi connectivity index (χ1) is 14.7. The second-order valence-corrected chi connectivity index (χ2v) is 8.68. The van der Waals surface area contributed by atoms with Gasteiger partial charge in [0.05, 0.1) is 11.3 Å². The highest BCUT2D eigenvalue weighted by Gasteiger charge is 2.20. The minimum absolute atomic E-state index is 0.232. The van der Waals surface area contributed by atoms with Crippen LogP contribution in [0.15, 0.2) is 48.5 Å². The van der Waals surface area contributed by atoms with E-state index in [4.69, 9.17) is 9.11 Å². The molecule has 0 atom stereocenters. The number of anilines is 1. The molecule has 6 heteroatoms. The maximum atomic E-state index is 11.1. The Morgan fingerprint density at radius 2 is 1.83 bits per heavy atom. The second kappa shape index (κ2) is 10.0. The number of fused-ring (bicyclic) bond motifs is 1. The lowest BCUT2D eigenvalue weighted by Gasteiger charge is -2.35. The minimum Gasteiger partial charge on any atom is -0.494 e. The number of aromatic nitrogens is 1. The van der Waals surface area contributed by atoms with Crippen LogP contribution in [0.4, 0.5) is 5.82 Å². The normalized spacial score (nSPS) is 14.9. The van der Waals surface area contributed by atoms with Gasteiger partial charge in [0.15, 0.2) is 0 Å². The number of hydrogen-bond donors (Lipinski definition) is 0. The fourth-order valence-corrected chi connectivity index (χ4v) is 4.63. The summed E-state index contributed by atoms with van der Waals surface area (Å²) in [5.41, 5.74) is 1.18. The maximum Gasteiger partial charge on any atom is 0.150 e. The van der Waals surface area contributed by atoms with Crippen molar-refractivity contribution in [3.8, 4) is 5.75 Å². The van der Waals surface area contributed by atoms with Crippen molar-refractivity contribution in [1.29, 1.82) is 0 Å². The van der Waals surface area contributed by atoms with Gasteiger partial charge in [0.1, 0.15) is 17.4 Å². The van der Waals surface area contributed by atoms with E-state index < -0.39 is 0 Å². The number of hydrogen-bond acceptors (Lipinski definition) is 6. The van der Waals surface area contributed by atoms with Crippen LogP contribution >= 0.6 is 11.5 Å². The van der Waals surface area contributed by atoms with E-state index in [1.54, 1.807) is 18.5 Å². The number of carbonyl (C=O) groups excluding carboxylic acids is 1. The Labute approximate surface area is 182 Å². The molecule has 4 rings (SSSR count). The van der Waals surface area contributed by atoms with Crippen LogP contribution in [-0.2, 0) is 11.2 Å². The molecule has 0 saturated carbocycles. The predicted octanol–water partition coefficient (Wildman–Crippen LogP) is 4.41. The van der Waals surface area contributed by atoms with Crippen LogP contribution in [0.3, 0.4) is 0 Å². The van der Waals surface area contributed by atoms with Crippen LogP contribution in [0.25, 0.3) is 10.1 Å². The third-order valence-electron chi connectivity index (χ3n) is 5.61. The molecule has 30 heavy (non-hydrogen) atoms. The average molecular weight is 424 g/mol. The number of Topliss-reactive ketones (excluding diaryl/α,β-unsaturated/α-hetero) is 1. The zero-order valence-corrected chi connectivity index (χ0v) is 18.4. The molecule has 3 aromatic rings. The van der Waals surface area contributed by atoms with Gasteiger partial charge in [0, 0.05) is 44.5 Å². The molecule has 0 bridgehead atoms. The maximum absolute atomic E-state index is 11.1. The lowest BCUT2D eigenvalue weighted by Crippen LogP contribution is -2.47. The number of ether oxygens (including phenoxy) is 1. The van der Waals surface area contributed by atoms with E-state index in [1.165, 1.54) is 15.6 Å². The monoisotopic (exact) mass is 423 g/mol. The van der Waals surface area contributed by atoms with Gasteiger partial charge in [-0.25, -0.2) is 0 Å². The molecule has 5 nitrogen and oxygen atoms in total. The Kier molecular flexibility index (Phi) is 6.97. The molecule has 158 valence electrons. The number of nitrogens with zero attached hydrogens (tertiary/aromatic N) is 3. The van der Waals surface area contributed by atoms with Crippen LogP contribution in [0, 0.1) is 0 Å². The number of carbonyl (C=O) groups is 1. The highest BCUT2D eigenvalue weighted by Crippen LogP contribution is 2.29. The molecule has 0 amide bonds. The fraction of sp³-hybridized carbons (Fsp3) is 0.417. The summed E-state index contributed by atoms with van der Waals surface area (Å²) in [5, 5.41) is 1.27. The van der Waals surface area contributed by atoms with E-state index in [1.807, 2.05) is 12.1 Å². The van der Waals surface area contributed by atoms with E-state index in [9.17, 15) is 4.79 Å². The molecule has 1 fully saturated rings. The van der Waals surface area contributed by atoms with Crippen molar-refractivity contribution < 1.29 is 9.53 Å². The Morgan fingerprint density at radius 1 is 1.07 bits per heavy atom. The van der Waals surface area contributed by atoms with Crippen molar-refractivity contribution in [2.45, 2.75) is 26.2 Å². The predicted molar refractivity (Wildman–Crippen MR) is 124 cm³/mol. The van der Waals surface area contributed by atoms with Gasteiger partial charge in [-0.3, -0.25) is 4.90 Å². The molecule has 1 saturated heterocycles. The summed E-state index contributed by atoms with van der Waals surface area (Å²) in [4.78, 5) is 16.0. The first kappa shape index (κ1) is 20.8. The van der Waals surface area contributed by atoms with Crippen molar-refractivity contribution in [3.05, 3.63) is 54.1 Å². The smallest absolute Gasteiger partial charge is 0.150 e. The van der Waals surface area contributed by atoms with Gasteiger partial charge in [0.25, 0.3) is 0 Å². The van der Waals surface area contributed by atoms with E-state index in [0.29, 0.717) is 6.42 Å². The van der Waals surface area contributed by atoms with Crippen molar-refractivity contribution in [2.24, 2.45) is 0 Å². The summed E-state index contributed by atoms with van der Waals surface area (Å²) >= 11 is 1.59. The number of benzene rings is 2. The topological polar surface area (TPSA) is 45.7 Å². The third-order valence-corrected chi connectivity index (χ3v) is 6.42. The standard InChI is InChI=1S/C24H29N3O2S/c1-19(28)7-8-20-9-11-21(12-10-20)29-18-4-13-26-14-16-27(17-15-26)24-22-5-2-3-6-23(22)30-25-24/h2-3,5-6,9-12H,4,7-8,13-18H2,1H3. The van der Waals surface area contributed by atoms with Gasteiger partial charge in [0.2, 0.25) is 0 Å². The second-order valence-electron chi connectivity index (χ2n) is 7.88. The quantitative estimate of drug-likeness (QED) is 0.477. The summed E-state index contributed by atoms with van der Waals surface area (Å²) < 4.78 is 11.8. The summed E-state index contributed by atoms with van der Waals surface area (Å²) in [6, 6.07) is 16.6. The number of piperazine rings is 1. The molecular weight excluding hydrogens is 394 g/mol. The van der Waals surface area contributed by atoms with Gasteiger partial charge >= 0.3 is 0 Å². The summed E-state index contributed by atoms with van der Waals surface area (Å²) in [6.45, 7) is 7.60. The molecule has 0 N–H and O–H groups in total. The van der Waals surface area contributed by atoms with Gasteiger partial charge < -0.3 is 14.4 Å². The fourth-order valence-electron chi connectivity index (χ4n) is 3.83. The number of aryl methyl sites for hydroxylation is 1. The van der Waals surface area contributed by atoms with Crippen LogP contribution in [-0.4, -0.2) is 54.4 Å². The molecule has 1 aromatic heterocycles. The zero-order chi connectivity index (χ0) is 20.8. The lowest BCUT2D eigenvalue weighted by atomic mass is 10.1. The lowest BCUT2D eigenvalue weighted by molar-refractivity contribution is -0.116. The zero-order valence-electron chi connectivity index (χ0n) is 17.5. The van der Waals surface area contributed by atoms with Crippen molar-refractivity contribution in [1.82, 2.24) is 9.27 Å². The Balaban J connectivity index is 1.16. The molecule has 0 unspecified atom stereocenters. The Bertz CT molecular complexity index is 962. The van der Waals surface area contributed by atoms with Crippen molar-refractivity contribution >= 4 is 33.2 Å². The van der Waals surface area contributed by atoms with Crippen LogP contribution in [0.5, 0.6) is 5.75 Å². The molecule has 2 aromatic carbocycles. The summed E-state index contributed by atoms with van der Waals surface area (Å²) in [6.07, 6.45) is 2.43. The van der Waals surface area contributed by atoms with E-state index in [0.717, 1.165) is 63.7 Å². The Morgan fingerprint density at radius 3 is 2.60 bits per heavy atom. The molecule has 0 radical (unpaired) electrons. The largest absolute Gasteiger partial charge is 0.494 e. The van der Waals surface area contributed by atoms with E-state index >= 15 is 0 Å². The van der Waals surface area contributed by atoms with Crippen LogP contribution in [0.1, 0.15) is 25.3 Å². The minimum atomic E-state index is 0.232. The third kappa shape index (κ3) is 5.37. The molecule has 0 aliphatic carbocycles. The number of ketones is 1. The molecule has 0 spiro atoms. The SMILES string of the molecule is CC(=O)CCc1ccc(OCCCN2CCN(c3nsc4ccccc34)CC2)cc1. The van der Waals surface area contributed by atoms with Gasteiger partial charge in [-0.05, 0) is 61.1 Å². The van der Waals surface area contributed by atoms with Gasteiger partial charge in [-0.1, -0.05) is 24.3 Å². The van der Waals surface area contributed by atoms with Gasteiger partial charge in [-0.2, -0.15) is 4.37 Å². The van der Waals surface area contributed by atoms with E-state index in [-0.39, 0.29) is 5.78 Å². The molecule has 1 aliphatic heterocycles. The molecular formula is C24H29N3O2S. The molecule has 1 aliphatic rings. The van der Waals surface area contributed by atoms with Crippen LogP contribution < -0.4 is 9.64 Å². The highest BCUT2D eigenvalue weighted by atomic mass is 32.1. The van der Waals surface area contributed by atoms with Crippen molar-refractivity contribution in [2.75, 3.05) is 44.2 Å². The highest BCUT2D eigenvalue weighted by molar-refractivity contribution is 7.13. The Hall–Kier alpha value is -2.44. The average Bonchev–Trinajstić information content (AvgIpc) is 3.21. The summed E-state index contributed by atoms with van der Waals surface area (Å²) in [5.74, 6) is 2.28. The molecule has 2 heterocycles. The first-order valence-corrected chi connectivity index (χ1v) is 11.5.